The minimum atomic E-state index is -2.57. The molecule has 4 aromatic rings. The molecular weight excluding hydrogens is 473 g/mol. The number of aryl methyl sites for hydroxylation is 1. The Hall–Kier alpha value is -3.55. The van der Waals surface area contributed by atoms with Gasteiger partial charge >= 0.3 is 0 Å². The van der Waals surface area contributed by atoms with Gasteiger partial charge in [-0.1, -0.05) is 0 Å². The maximum absolute atomic E-state index is 14.7. The van der Waals surface area contributed by atoms with E-state index in [1.165, 1.54) is 9.08 Å². The van der Waals surface area contributed by atoms with Gasteiger partial charge in [0.25, 0.3) is 12.3 Å². The summed E-state index contributed by atoms with van der Waals surface area (Å²) in [6, 6.07) is 3.17. The lowest BCUT2D eigenvalue weighted by Gasteiger charge is -2.07. The molecule has 0 spiro atoms. The minimum absolute atomic E-state index is 0.0312. The van der Waals surface area contributed by atoms with Gasteiger partial charge in [0.05, 0.1) is 30.5 Å². The summed E-state index contributed by atoms with van der Waals surface area (Å²) in [4.78, 5) is 14.3. The molecule has 1 fully saturated rings. The molecule has 0 radical (unpaired) electrons. The maximum Gasteiger partial charge on any atom is 0.261 e. The van der Waals surface area contributed by atoms with Gasteiger partial charge in [0.2, 0.25) is 5.95 Å². The third-order valence-electron chi connectivity index (χ3n) is 5.56. The number of imidazole rings is 1. The molecule has 0 bridgehead atoms. The number of nitrogens with one attached hydrogen (secondary N) is 1. The molecule has 0 unspecified atom stereocenters. The van der Waals surface area contributed by atoms with Gasteiger partial charge in [0.15, 0.2) is 17.3 Å². The topological polar surface area (TPSA) is 102 Å². The number of hydrogen-bond acceptors (Lipinski definition) is 7. The summed E-state index contributed by atoms with van der Waals surface area (Å²) in [5.74, 6) is -2.32. The summed E-state index contributed by atoms with van der Waals surface area (Å²) in [5.41, 5.74) is 7.24. The molecule has 5 heterocycles. The van der Waals surface area contributed by atoms with E-state index in [2.05, 4.69) is 25.4 Å². The number of hydrogen-bond donors (Lipinski definition) is 2. The van der Waals surface area contributed by atoms with Crippen LogP contribution in [-0.4, -0.2) is 73.6 Å². The van der Waals surface area contributed by atoms with Crippen molar-refractivity contribution in [1.82, 2.24) is 34.0 Å². The van der Waals surface area contributed by atoms with Crippen molar-refractivity contribution in [3.05, 3.63) is 30.0 Å². The zero-order valence-electron chi connectivity index (χ0n) is 19.2. The number of fused-ring (bicyclic) bond motifs is 2. The van der Waals surface area contributed by atoms with Gasteiger partial charge in [0, 0.05) is 20.0 Å². The Morgan fingerprint density at radius 1 is 1.20 bits per heavy atom. The number of anilines is 2. The maximum atomic E-state index is 14.7. The van der Waals surface area contributed by atoms with E-state index >= 15 is 0 Å². The van der Waals surface area contributed by atoms with Gasteiger partial charge in [-0.05, 0) is 26.1 Å². The first-order chi connectivity index (χ1) is 16.5. The summed E-state index contributed by atoms with van der Waals surface area (Å²) in [5, 5.41) is 6.85. The van der Waals surface area contributed by atoms with Crippen LogP contribution in [0.15, 0.2) is 18.3 Å². The van der Waals surface area contributed by atoms with Crippen molar-refractivity contribution in [2.75, 3.05) is 38.2 Å². The number of pyridine rings is 1. The van der Waals surface area contributed by atoms with Gasteiger partial charge in [-0.15, -0.1) is 5.10 Å². The zero-order valence-corrected chi connectivity index (χ0v) is 19.2. The number of alkyl halides is 4. The second-order valence-corrected chi connectivity index (χ2v) is 8.26. The highest BCUT2D eigenvalue weighted by atomic mass is 19.3. The third-order valence-corrected chi connectivity index (χ3v) is 5.56. The second kappa shape index (κ2) is 9.24. The van der Waals surface area contributed by atoms with E-state index in [0.29, 0.717) is 17.9 Å². The van der Waals surface area contributed by atoms with Crippen LogP contribution in [0, 0.1) is 12.7 Å². The lowest BCUT2D eigenvalue weighted by Crippen LogP contribution is -2.21. The molecule has 188 valence electrons. The van der Waals surface area contributed by atoms with Crippen LogP contribution in [0.2, 0.25) is 0 Å². The van der Waals surface area contributed by atoms with Gasteiger partial charge < -0.3 is 20.5 Å². The van der Waals surface area contributed by atoms with E-state index in [0.717, 1.165) is 6.20 Å². The monoisotopic (exact) mass is 497 g/mol. The Bertz CT molecular complexity index is 1360. The van der Waals surface area contributed by atoms with E-state index in [4.69, 9.17) is 5.73 Å². The normalized spacial score (nSPS) is 15.7. The molecule has 14 heteroatoms. The van der Waals surface area contributed by atoms with E-state index in [1.54, 1.807) is 38.1 Å². The largest absolute Gasteiger partial charge is 0.382 e. The van der Waals surface area contributed by atoms with Crippen molar-refractivity contribution < 1.29 is 22.0 Å². The number of likely N-dealkylation sites (tertiary alicyclic amines) is 1. The predicted molar refractivity (Wildman–Crippen MR) is 121 cm³/mol. The summed E-state index contributed by atoms with van der Waals surface area (Å²) in [6.07, 6.45) is -1.37. The van der Waals surface area contributed by atoms with Crippen molar-refractivity contribution in [3.8, 4) is 11.3 Å². The second-order valence-electron chi connectivity index (χ2n) is 8.26. The molecule has 0 aliphatic carbocycles. The summed E-state index contributed by atoms with van der Waals surface area (Å²) < 4.78 is 67.4. The first kappa shape index (κ1) is 24.6. The Morgan fingerprint density at radius 2 is 1.94 bits per heavy atom. The predicted octanol–water partition coefficient (Wildman–Crippen LogP) is 3.43. The Morgan fingerprint density at radius 3 is 2.51 bits per heavy atom. The molecule has 0 atom stereocenters. The Balaban J connectivity index is 0.000000308. The number of nitrogens with two attached hydrogens (primary N) is 1. The number of halogens is 5. The first-order valence-corrected chi connectivity index (χ1v) is 10.7. The van der Waals surface area contributed by atoms with Gasteiger partial charge in [-0.2, -0.15) is 4.98 Å². The fraction of sp³-hybridized carbons (Fsp3) is 0.429. The average Bonchev–Trinajstić information content (AvgIpc) is 3.39. The van der Waals surface area contributed by atoms with Crippen molar-refractivity contribution >= 4 is 28.4 Å². The molecule has 35 heavy (non-hydrogen) atoms. The molecule has 5 rings (SSSR count). The number of rotatable bonds is 4. The van der Waals surface area contributed by atoms with E-state index in [-0.39, 0.29) is 47.2 Å². The molecule has 0 amide bonds. The van der Waals surface area contributed by atoms with Crippen LogP contribution in [0.4, 0.5) is 33.7 Å². The van der Waals surface area contributed by atoms with E-state index in [9.17, 15) is 22.0 Å². The van der Waals surface area contributed by atoms with Crippen molar-refractivity contribution in [3.63, 3.8) is 0 Å². The van der Waals surface area contributed by atoms with Crippen LogP contribution in [0.25, 0.3) is 27.9 Å². The lowest BCUT2D eigenvalue weighted by molar-refractivity contribution is 0.0146. The lowest BCUT2D eigenvalue weighted by atomic mass is 10.1. The van der Waals surface area contributed by atoms with E-state index < -0.39 is 24.7 Å². The first-order valence-electron chi connectivity index (χ1n) is 10.7. The van der Waals surface area contributed by atoms with Crippen LogP contribution in [-0.2, 0) is 6.54 Å². The molecule has 3 N–H and O–H groups in total. The molecule has 0 saturated carbocycles. The quantitative estimate of drug-likeness (QED) is 0.417. The van der Waals surface area contributed by atoms with Crippen LogP contribution in [0.1, 0.15) is 12.2 Å². The average molecular weight is 497 g/mol. The molecule has 1 aliphatic heterocycles. The molecule has 0 aromatic carbocycles. The van der Waals surface area contributed by atoms with Gasteiger partial charge in [-0.3, -0.25) is 0 Å². The molecule has 4 aromatic heterocycles. The smallest absolute Gasteiger partial charge is 0.261 e. The zero-order chi connectivity index (χ0) is 25.5. The van der Waals surface area contributed by atoms with E-state index in [1.807, 2.05) is 0 Å². The molecule has 9 nitrogen and oxygen atoms in total. The Kier molecular flexibility index (Phi) is 6.49. The fourth-order valence-corrected chi connectivity index (χ4v) is 3.95. The summed E-state index contributed by atoms with van der Waals surface area (Å²) in [7, 11) is 3.32. The fourth-order valence-electron chi connectivity index (χ4n) is 3.95. The molecular formula is C21H24F5N9. The summed E-state index contributed by atoms with van der Waals surface area (Å²) in [6.45, 7) is 1.54. The molecule has 1 aliphatic rings. The highest BCUT2D eigenvalue weighted by Gasteiger charge is 2.36. The summed E-state index contributed by atoms with van der Waals surface area (Å²) >= 11 is 0. The minimum Gasteiger partial charge on any atom is -0.382 e. The number of aromatic nitrogens is 6. The highest BCUT2D eigenvalue weighted by molar-refractivity contribution is 5.89. The van der Waals surface area contributed by atoms with Crippen molar-refractivity contribution in [2.24, 2.45) is 0 Å². The third kappa shape index (κ3) is 4.97. The van der Waals surface area contributed by atoms with Crippen LogP contribution in [0.3, 0.4) is 0 Å². The van der Waals surface area contributed by atoms with Crippen LogP contribution < -0.4 is 11.1 Å². The highest BCUT2D eigenvalue weighted by Crippen LogP contribution is 2.32. The van der Waals surface area contributed by atoms with Crippen LogP contribution in [0.5, 0.6) is 0 Å². The van der Waals surface area contributed by atoms with Crippen molar-refractivity contribution in [1.29, 1.82) is 0 Å². The SMILES string of the molecule is CN1CCC(F)(F)C1.CNc1nc(N)c2c(-c3ccc4nc(C)n(CC(F)F)c4n3)c(F)cn2n1. The number of nitrogen functional groups attached to an aromatic ring is 1. The van der Waals surface area contributed by atoms with Crippen LogP contribution >= 0.6 is 0 Å². The standard InChI is InChI=1S/C16H15F3N8.C5H9F2N/c1-7-22-10-4-3-9(23-15(10)26(7)6-11(18)19)12-8(17)5-27-13(12)14(20)24-16(21-2)25-27;1-8-3-2-5(6,7)4-8/h3-5,11H,6H2,1-2H3,(H3,20,21,24,25);2-4H2,1H3. The molecule has 1 saturated heterocycles. The Labute approximate surface area is 196 Å². The van der Waals surface area contributed by atoms with Gasteiger partial charge in [-0.25, -0.2) is 36.4 Å². The van der Waals surface area contributed by atoms with Crippen molar-refractivity contribution in [2.45, 2.75) is 32.2 Å². The van der Waals surface area contributed by atoms with Gasteiger partial charge in [0.1, 0.15) is 16.9 Å². The number of nitrogens with zero attached hydrogens (tertiary/aromatic N) is 7.